The normalized spacial score (nSPS) is 11.1. The topological polar surface area (TPSA) is 72.5 Å². The first kappa shape index (κ1) is 75.5. The van der Waals surface area contributed by atoms with Crippen LogP contribution in [-0.2, 0) is 64.2 Å². The second-order valence-electron chi connectivity index (χ2n) is 26.8. The van der Waals surface area contributed by atoms with Crippen LogP contribution < -0.4 is 28.4 Å². The third-order valence-electron chi connectivity index (χ3n) is 21.1. The highest BCUT2D eigenvalue weighted by Crippen LogP contribution is 2.44. The fourth-order valence-corrected chi connectivity index (χ4v) is 15.0. The first-order valence-electron chi connectivity index (χ1n) is 37.5. The lowest BCUT2D eigenvalue weighted by molar-refractivity contribution is 0.112. The SMILES string of the molecule is CCc1ccc2c(c1)c(C=O)c(OC)c1cc(CC)ccc12.CCc1ccc2c(c1)cc(OC)c1c(F)c(CC)ccc12.CCc1ccc2c(c1)cc(OC)c1c(OC)c(CC)ccc12.CCc1ccc2c(c1)cc(OC)c1cc(CC)ccc12.CCc1ccc2c(ccc3c(OC)c(CC)ccc32)c1. The van der Waals surface area contributed by atoms with Crippen molar-refractivity contribution in [1.29, 1.82) is 0 Å². The zero-order valence-electron chi connectivity index (χ0n) is 64.4. The maximum Gasteiger partial charge on any atom is 0.154 e. The minimum atomic E-state index is -0.159. The van der Waals surface area contributed by atoms with Crippen LogP contribution in [0, 0.1) is 5.82 Å². The van der Waals surface area contributed by atoms with Crippen molar-refractivity contribution >= 4 is 114 Å². The molecule has 0 atom stereocenters. The van der Waals surface area contributed by atoms with Crippen LogP contribution in [0.2, 0.25) is 0 Å². The monoisotopic (exact) mass is 1400 g/mol. The summed E-state index contributed by atoms with van der Waals surface area (Å²) in [6.07, 6.45) is 10.6. The number of aryl methyl sites for hydroxylation is 10. The molecule has 0 aliphatic rings. The summed E-state index contributed by atoms with van der Waals surface area (Å²) < 4.78 is 48.4. The molecule has 0 N–H and O–H groups in total. The van der Waals surface area contributed by atoms with Gasteiger partial charge in [0.25, 0.3) is 0 Å². The van der Waals surface area contributed by atoms with E-state index >= 15 is 0 Å². The summed E-state index contributed by atoms with van der Waals surface area (Å²) >= 11 is 0. The fourth-order valence-electron chi connectivity index (χ4n) is 15.0. The first-order valence-corrected chi connectivity index (χ1v) is 37.5. The highest BCUT2D eigenvalue weighted by Gasteiger charge is 2.20. The molecule has 15 aromatic carbocycles. The number of carbonyl (C=O) groups excluding carboxylic acids is 1. The van der Waals surface area contributed by atoms with Gasteiger partial charge in [-0.2, -0.15) is 0 Å². The van der Waals surface area contributed by atoms with Crippen molar-refractivity contribution in [1.82, 2.24) is 0 Å². The van der Waals surface area contributed by atoms with Crippen LogP contribution >= 0.6 is 0 Å². The average Bonchev–Trinajstić information content (AvgIpc) is 0.770. The quantitative estimate of drug-likeness (QED) is 0.0664. The average molecular weight is 1400 g/mol. The van der Waals surface area contributed by atoms with Crippen molar-refractivity contribution in [3.05, 3.63) is 261 Å². The van der Waals surface area contributed by atoms with E-state index in [1.165, 1.54) is 109 Å². The van der Waals surface area contributed by atoms with Gasteiger partial charge in [0.15, 0.2) is 6.29 Å². The largest absolute Gasteiger partial charge is 0.496 e. The summed E-state index contributed by atoms with van der Waals surface area (Å²) in [5.41, 5.74) is 13.0. The van der Waals surface area contributed by atoms with Gasteiger partial charge in [0.1, 0.15) is 40.3 Å². The zero-order valence-corrected chi connectivity index (χ0v) is 64.4. The molecule has 0 spiro atoms. The number of hydrogen-bond donors (Lipinski definition) is 0. The number of halogens is 1. The summed E-state index contributed by atoms with van der Waals surface area (Å²) in [5, 5.41) is 22.8. The Labute approximate surface area is 619 Å². The van der Waals surface area contributed by atoms with Gasteiger partial charge in [-0.1, -0.05) is 233 Å². The van der Waals surface area contributed by atoms with Crippen LogP contribution in [0.5, 0.6) is 34.5 Å². The minimum absolute atomic E-state index is 0.159. The molecule has 0 amide bonds. The number of methoxy groups -OCH3 is 6. The molecular formula is C97H101FO7. The minimum Gasteiger partial charge on any atom is -0.496 e. The number of rotatable bonds is 17. The summed E-state index contributed by atoms with van der Waals surface area (Å²) in [5.74, 6) is 4.93. The van der Waals surface area contributed by atoms with Gasteiger partial charge in [-0.05, 0) is 231 Å². The van der Waals surface area contributed by atoms with Crippen molar-refractivity contribution in [3.63, 3.8) is 0 Å². The van der Waals surface area contributed by atoms with Crippen molar-refractivity contribution in [2.45, 2.75) is 133 Å². The molecule has 0 aliphatic heterocycles. The van der Waals surface area contributed by atoms with Crippen LogP contribution in [-0.4, -0.2) is 48.9 Å². The third kappa shape index (κ3) is 15.2. The summed E-state index contributed by atoms with van der Waals surface area (Å²) in [6.45, 7) is 21.4. The van der Waals surface area contributed by atoms with Gasteiger partial charge in [-0.3, -0.25) is 4.79 Å². The van der Waals surface area contributed by atoms with E-state index in [-0.39, 0.29) is 5.82 Å². The highest BCUT2D eigenvalue weighted by molar-refractivity contribution is 6.18. The van der Waals surface area contributed by atoms with E-state index in [1.54, 1.807) is 42.7 Å². The Kier molecular flexibility index (Phi) is 24.6. The molecule has 0 aromatic heterocycles. The van der Waals surface area contributed by atoms with Crippen LogP contribution in [0.3, 0.4) is 0 Å². The lowest BCUT2D eigenvalue weighted by Crippen LogP contribution is -1.96. The van der Waals surface area contributed by atoms with Crippen LogP contribution in [0.15, 0.2) is 194 Å². The van der Waals surface area contributed by atoms with E-state index in [2.05, 4.69) is 238 Å². The maximum atomic E-state index is 14.7. The van der Waals surface area contributed by atoms with E-state index in [9.17, 15) is 9.18 Å². The van der Waals surface area contributed by atoms with Crippen molar-refractivity contribution in [3.8, 4) is 34.5 Å². The van der Waals surface area contributed by atoms with E-state index in [0.717, 1.165) is 136 Å². The predicted molar refractivity (Wildman–Crippen MR) is 446 cm³/mol. The van der Waals surface area contributed by atoms with Gasteiger partial charge in [0.2, 0.25) is 0 Å². The predicted octanol–water partition coefficient (Wildman–Crippen LogP) is 25.6. The van der Waals surface area contributed by atoms with E-state index in [1.807, 2.05) is 25.1 Å². The molecule has 0 aliphatic carbocycles. The molecule has 8 heteroatoms. The Balaban J connectivity index is 0.000000131. The molecule has 0 radical (unpaired) electrons. The zero-order chi connectivity index (χ0) is 74.6. The van der Waals surface area contributed by atoms with Gasteiger partial charge in [0, 0.05) is 16.2 Å². The van der Waals surface area contributed by atoms with Crippen molar-refractivity contribution in [2.75, 3.05) is 42.7 Å². The Hall–Kier alpha value is -10.7. The molecule has 0 heterocycles. The van der Waals surface area contributed by atoms with Gasteiger partial charge >= 0.3 is 0 Å². The number of benzene rings is 15. The molecule has 538 valence electrons. The van der Waals surface area contributed by atoms with Crippen LogP contribution in [0.4, 0.5) is 4.39 Å². The summed E-state index contributed by atoms with van der Waals surface area (Å²) in [7, 11) is 10.2. The molecule has 0 saturated carbocycles. The molecule has 105 heavy (non-hydrogen) atoms. The van der Waals surface area contributed by atoms with Crippen molar-refractivity contribution in [2.24, 2.45) is 0 Å². The van der Waals surface area contributed by atoms with E-state index < -0.39 is 0 Å². The molecule has 0 bridgehead atoms. The number of ether oxygens (including phenoxy) is 6. The van der Waals surface area contributed by atoms with E-state index in [4.69, 9.17) is 28.4 Å². The molecule has 7 nitrogen and oxygen atoms in total. The Morgan fingerprint density at radius 2 is 0.562 bits per heavy atom. The molecule has 0 unspecified atom stereocenters. The van der Waals surface area contributed by atoms with Gasteiger partial charge in [0.05, 0.1) is 59.0 Å². The highest BCUT2D eigenvalue weighted by atomic mass is 19.1. The van der Waals surface area contributed by atoms with Crippen LogP contribution in [0.25, 0.3) is 108 Å². The Bertz CT molecular complexity index is 5660. The van der Waals surface area contributed by atoms with Gasteiger partial charge < -0.3 is 28.4 Å². The molecule has 0 fully saturated rings. The Morgan fingerprint density at radius 1 is 0.248 bits per heavy atom. The lowest BCUT2D eigenvalue weighted by Gasteiger charge is -2.16. The second kappa shape index (κ2) is 34.3. The standard InChI is InChI=1S/C20H22O2.C20H20O2.C19H19FO.2C19H20O/c1-5-13-7-9-16-15(11-13)12-18(21-3)19-17(16)10-8-14(6-2)20(19)22-4;1-4-13-6-8-15-16-9-7-14(5-2)11-18(16)20(22-3)19(12-21)17(15)10-13;1-4-12-6-8-15-14(10-12)11-17(21-3)18-16(15)9-7-13(5-2)19(18)20;1-4-13-6-9-16-15(12-13)8-11-18-17(16)10-7-14(5-2)19(18)20-3;1-4-13-6-8-16-15(10-13)12-19(20-3)18-11-14(5-2)7-9-17(16)18/h7-12H,5-6H2,1-4H3;6-12H,4-5H2,1-3H3;6-11H,4-5H2,1-3H3;2*6-12H,4-5H2,1-3H3. The number of fused-ring (bicyclic) bond motifs is 15. The first-order chi connectivity index (χ1) is 51.2. The molecule has 15 rings (SSSR count). The van der Waals surface area contributed by atoms with Gasteiger partial charge in [-0.25, -0.2) is 4.39 Å². The number of aldehydes is 1. The Morgan fingerprint density at radius 3 is 1.00 bits per heavy atom. The third-order valence-corrected chi connectivity index (χ3v) is 21.1. The molecule has 15 aromatic rings. The summed E-state index contributed by atoms with van der Waals surface area (Å²) in [6, 6.07) is 69.2. The van der Waals surface area contributed by atoms with Gasteiger partial charge in [-0.15, -0.1) is 0 Å². The smallest absolute Gasteiger partial charge is 0.154 e. The lowest BCUT2D eigenvalue weighted by atomic mass is 9.93. The summed E-state index contributed by atoms with van der Waals surface area (Å²) in [4.78, 5) is 11.7. The molecule has 0 saturated heterocycles. The number of hydrogen-bond acceptors (Lipinski definition) is 7. The molecular weight excluding hydrogens is 1300 g/mol. The van der Waals surface area contributed by atoms with Crippen LogP contribution in [0.1, 0.15) is 135 Å². The van der Waals surface area contributed by atoms with E-state index in [0.29, 0.717) is 28.9 Å². The maximum absolute atomic E-state index is 14.7. The number of carbonyl (C=O) groups is 1. The second-order valence-corrected chi connectivity index (χ2v) is 26.8. The fraction of sp³-hybridized carbons (Fsp3) is 0.268. The van der Waals surface area contributed by atoms with Crippen molar-refractivity contribution < 1.29 is 37.6 Å².